The Morgan fingerprint density at radius 1 is 1.41 bits per heavy atom. The molecule has 1 aromatic carbocycles. The smallest absolute Gasteiger partial charge is 0.416 e. The van der Waals surface area contributed by atoms with E-state index >= 15 is 0 Å². The van der Waals surface area contributed by atoms with Gasteiger partial charge in [-0.1, -0.05) is 6.07 Å². The summed E-state index contributed by atoms with van der Waals surface area (Å²) in [5.74, 6) is -4.85. The highest BCUT2D eigenvalue weighted by Crippen LogP contribution is 2.44. The zero-order valence-corrected chi connectivity index (χ0v) is 11.3. The van der Waals surface area contributed by atoms with Crippen LogP contribution in [-0.2, 0) is 15.7 Å². The first-order valence-electron chi connectivity index (χ1n) is 6.26. The molecule has 2 rings (SSSR count). The second-order valence-corrected chi connectivity index (χ2v) is 4.51. The van der Waals surface area contributed by atoms with E-state index in [4.69, 9.17) is 4.74 Å². The van der Waals surface area contributed by atoms with Crippen LogP contribution in [0.5, 0.6) is 5.75 Å². The van der Waals surface area contributed by atoms with E-state index in [2.05, 4.69) is 4.74 Å². The summed E-state index contributed by atoms with van der Waals surface area (Å²) in [6.07, 6.45) is -4.04. The maximum absolute atomic E-state index is 13.9. The Hall–Kier alpha value is -2.12. The van der Waals surface area contributed by atoms with E-state index in [9.17, 15) is 26.7 Å². The van der Waals surface area contributed by atoms with Crippen molar-refractivity contribution in [3.8, 4) is 5.75 Å². The number of fused-ring (bicyclic) bond motifs is 1. The SMILES string of the molecule is CCOC(=O)C=C1c2ccc(C(F)(F)F)cc2OCC1(F)F. The monoisotopic (exact) mass is 322 g/mol. The van der Waals surface area contributed by atoms with Crippen molar-refractivity contribution in [3.63, 3.8) is 0 Å². The number of carbonyl (C=O) groups excluding carboxylic acids is 1. The van der Waals surface area contributed by atoms with Crippen LogP contribution in [0.1, 0.15) is 18.1 Å². The van der Waals surface area contributed by atoms with Gasteiger partial charge in [-0.15, -0.1) is 0 Å². The van der Waals surface area contributed by atoms with Gasteiger partial charge in [0, 0.05) is 17.2 Å². The van der Waals surface area contributed by atoms with Crippen LogP contribution in [0.2, 0.25) is 0 Å². The normalized spacial score (nSPS) is 18.5. The first-order chi connectivity index (χ1) is 10.1. The van der Waals surface area contributed by atoms with Crippen LogP contribution in [0.4, 0.5) is 22.0 Å². The van der Waals surface area contributed by atoms with Crippen molar-refractivity contribution < 1.29 is 36.2 Å². The fourth-order valence-corrected chi connectivity index (χ4v) is 1.97. The van der Waals surface area contributed by atoms with Gasteiger partial charge in [-0.3, -0.25) is 0 Å². The first-order valence-corrected chi connectivity index (χ1v) is 6.26. The standard InChI is InChI=1S/C14H11F5O3/c1-2-21-12(20)6-10-9-4-3-8(14(17,18)19)5-11(9)22-7-13(10,15)16/h3-6H,2,7H2,1H3. The molecule has 0 radical (unpaired) electrons. The Morgan fingerprint density at radius 3 is 2.68 bits per heavy atom. The van der Waals surface area contributed by atoms with Crippen LogP contribution in [0.25, 0.3) is 5.57 Å². The predicted molar refractivity (Wildman–Crippen MR) is 66.5 cm³/mol. The van der Waals surface area contributed by atoms with Crippen LogP contribution >= 0.6 is 0 Å². The van der Waals surface area contributed by atoms with Crippen molar-refractivity contribution in [1.29, 1.82) is 0 Å². The first kappa shape index (κ1) is 16.3. The molecule has 0 fully saturated rings. The minimum atomic E-state index is -4.62. The summed E-state index contributed by atoms with van der Waals surface area (Å²) in [6, 6.07) is 2.14. The van der Waals surface area contributed by atoms with E-state index in [0.717, 1.165) is 6.07 Å². The summed E-state index contributed by atoms with van der Waals surface area (Å²) in [7, 11) is 0. The molecule has 0 bridgehead atoms. The lowest BCUT2D eigenvalue weighted by Crippen LogP contribution is -2.32. The molecule has 3 nitrogen and oxygen atoms in total. The third-order valence-electron chi connectivity index (χ3n) is 2.95. The summed E-state index contributed by atoms with van der Waals surface area (Å²) in [6.45, 7) is 0.346. The van der Waals surface area contributed by atoms with Crippen molar-refractivity contribution in [2.24, 2.45) is 0 Å². The van der Waals surface area contributed by atoms with Gasteiger partial charge in [0.25, 0.3) is 0 Å². The van der Waals surface area contributed by atoms with Crippen LogP contribution in [0.3, 0.4) is 0 Å². The number of halogens is 5. The molecule has 1 aliphatic rings. The lowest BCUT2D eigenvalue weighted by atomic mass is 9.95. The highest BCUT2D eigenvalue weighted by molar-refractivity contribution is 5.94. The van der Waals surface area contributed by atoms with Crippen molar-refractivity contribution in [2.45, 2.75) is 19.0 Å². The zero-order valence-electron chi connectivity index (χ0n) is 11.3. The Balaban J connectivity index is 2.50. The quantitative estimate of drug-likeness (QED) is 0.473. The number of benzene rings is 1. The lowest BCUT2D eigenvalue weighted by Gasteiger charge is -2.28. The molecule has 0 amide bonds. The van der Waals surface area contributed by atoms with Crippen LogP contribution in [0.15, 0.2) is 24.3 Å². The zero-order chi connectivity index (χ0) is 16.5. The minimum absolute atomic E-state index is 0.00937. The molecule has 22 heavy (non-hydrogen) atoms. The van der Waals surface area contributed by atoms with Crippen molar-refractivity contribution in [3.05, 3.63) is 35.4 Å². The van der Waals surface area contributed by atoms with Gasteiger partial charge in [-0.05, 0) is 19.1 Å². The molecule has 0 saturated carbocycles. The Kier molecular flexibility index (Phi) is 4.12. The molecule has 8 heteroatoms. The number of alkyl halides is 5. The highest BCUT2D eigenvalue weighted by atomic mass is 19.4. The Labute approximate surface area is 122 Å². The fourth-order valence-electron chi connectivity index (χ4n) is 1.97. The summed E-state index contributed by atoms with van der Waals surface area (Å²) in [5, 5.41) is 0. The molecular weight excluding hydrogens is 311 g/mol. The molecule has 1 aromatic rings. The number of carbonyl (C=O) groups is 1. The average molecular weight is 322 g/mol. The van der Waals surface area contributed by atoms with Crippen molar-refractivity contribution in [2.75, 3.05) is 13.2 Å². The summed E-state index contributed by atoms with van der Waals surface area (Å²) in [5.41, 5.74) is -2.01. The maximum Gasteiger partial charge on any atom is 0.416 e. The Morgan fingerprint density at radius 2 is 2.09 bits per heavy atom. The third kappa shape index (κ3) is 3.20. The number of ether oxygens (including phenoxy) is 2. The topological polar surface area (TPSA) is 35.5 Å². The summed E-state index contributed by atoms with van der Waals surface area (Å²) < 4.78 is 74.9. The third-order valence-corrected chi connectivity index (χ3v) is 2.95. The van der Waals surface area contributed by atoms with Gasteiger partial charge in [0.1, 0.15) is 5.75 Å². The van der Waals surface area contributed by atoms with Gasteiger partial charge >= 0.3 is 18.1 Å². The molecule has 120 valence electrons. The Bertz CT molecular complexity index is 619. The molecule has 0 aliphatic carbocycles. The largest absolute Gasteiger partial charge is 0.486 e. The van der Waals surface area contributed by atoms with Crippen LogP contribution in [-0.4, -0.2) is 25.1 Å². The second kappa shape index (κ2) is 5.58. The van der Waals surface area contributed by atoms with E-state index in [1.54, 1.807) is 0 Å². The van der Waals surface area contributed by atoms with Gasteiger partial charge in [0.05, 0.1) is 12.2 Å². The molecule has 0 saturated heterocycles. The summed E-state index contributed by atoms with van der Waals surface area (Å²) in [4.78, 5) is 11.4. The minimum Gasteiger partial charge on any atom is -0.486 e. The van der Waals surface area contributed by atoms with Crippen molar-refractivity contribution >= 4 is 11.5 Å². The number of hydrogen-bond acceptors (Lipinski definition) is 3. The van der Waals surface area contributed by atoms with Crippen molar-refractivity contribution in [1.82, 2.24) is 0 Å². The van der Waals surface area contributed by atoms with Gasteiger partial charge in [-0.2, -0.15) is 22.0 Å². The van der Waals surface area contributed by atoms with Gasteiger partial charge < -0.3 is 9.47 Å². The van der Waals surface area contributed by atoms with Crippen LogP contribution < -0.4 is 4.74 Å². The molecule has 1 heterocycles. The summed E-state index contributed by atoms with van der Waals surface area (Å²) >= 11 is 0. The molecular formula is C14H11F5O3. The van der Waals surface area contributed by atoms with Gasteiger partial charge in [0.15, 0.2) is 6.61 Å². The number of hydrogen-bond donors (Lipinski definition) is 0. The molecule has 0 atom stereocenters. The van der Waals surface area contributed by atoms with E-state index in [-0.39, 0.29) is 17.9 Å². The second-order valence-electron chi connectivity index (χ2n) is 4.51. The average Bonchev–Trinajstić information content (AvgIpc) is 2.41. The lowest BCUT2D eigenvalue weighted by molar-refractivity contribution is -0.138. The molecule has 0 N–H and O–H groups in total. The van der Waals surface area contributed by atoms with Gasteiger partial charge in [-0.25, -0.2) is 4.79 Å². The molecule has 0 spiro atoms. The fraction of sp³-hybridized carbons (Fsp3) is 0.357. The molecule has 1 aliphatic heterocycles. The van der Waals surface area contributed by atoms with E-state index in [1.165, 1.54) is 6.92 Å². The van der Waals surface area contributed by atoms with Gasteiger partial charge in [0.2, 0.25) is 0 Å². The van der Waals surface area contributed by atoms with E-state index in [0.29, 0.717) is 18.2 Å². The molecule has 0 aromatic heterocycles. The number of esters is 1. The van der Waals surface area contributed by atoms with E-state index in [1.807, 2.05) is 0 Å². The van der Waals surface area contributed by atoms with Crippen LogP contribution in [0, 0.1) is 0 Å². The number of rotatable bonds is 2. The molecule has 0 unspecified atom stereocenters. The highest BCUT2D eigenvalue weighted by Gasteiger charge is 2.43. The van der Waals surface area contributed by atoms with E-state index < -0.39 is 35.8 Å². The maximum atomic E-state index is 13.9. The predicted octanol–water partition coefficient (Wildman–Crippen LogP) is 3.68.